The van der Waals surface area contributed by atoms with Gasteiger partial charge >= 0.3 is 35.8 Å². The minimum Gasteiger partial charge on any atom is -0.481 e. The van der Waals surface area contributed by atoms with Gasteiger partial charge in [0.1, 0.15) is 26.4 Å². The van der Waals surface area contributed by atoms with Crippen LogP contribution >= 0.6 is 0 Å². The lowest BCUT2D eigenvalue weighted by molar-refractivity contribution is -0.159. The number of carboxylic acids is 2. The fourth-order valence-corrected chi connectivity index (χ4v) is 2.78. The number of ether oxygens (including phenoxy) is 4. The minimum atomic E-state index is -1.05. The van der Waals surface area contributed by atoms with Gasteiger partial charge in [0.2, 0.25) is 0 Å². The van der Waals surface area contributed by atoms with Crippen LogP contribution in [0, 0.1) is 10.8 Å². The topological polar surface area (TPSA) is 180 Å². The van der Waals surface area contributed by atoms with Gasteiger partial charge in [0.25, 0.3) is 0 Å². The molecule has 1 atom stereocenters. The summed E-state index contributed by atoms with van der Waals surface area (Å²) < 4.78 is 19.2. The lowest BCUT2D eigenvalue weighted by atomic mass is 9.91. The molecule has 1 aromatic carbocycles. The highest BCUT2D eigenvalue weighted by molar-refractivity contribution is 5.87. The molecule has 12 heteroatoms. The SMILES string of the molecule is C=CC(=O)OCCOC(=O)C(C)(C)CC.CCC(C)(C)C(=O)OCCOC(=O)CCC(=O)O.CCC(C)c1ccc(C(=O)O)cc1. The number of benzene rings is 1. The molecule has 0 heterocycles. The van der Waals surface area contributed by atoms with E-state index in [0.29, 0.717) is 24.3 Å². The van der Waals surface area contributed by atoms with E-state index in [0.717, 1.165) is 12.5 Å². The zero-order chi connectivity index (χ0) is 35.9. The van der Waals surface area contributed by atoms with Gasteiger partial charge in [-0.25, -0.2) is 9.59 Å². The highest BCUT2D eigenvalue weighted by Gasteiger charge is 2.27. The molecule has 0 amide bonds. The van der Waals surface area contributed by atoms with Crippen molar-refractivity contribution in [1.82, 2.24) is 0 Å². The first kappa shape index (κ1) is 43.9. The molecule has 0 saturated heterocycles. The van der Waals surface area contributed by atoms with Crippen molar-refractivity contribution < 1.29 is 57.9 Å². The number of carbonyl (C=O) groups is 6. The number of esters is 4. The number of aliphatic carboxylic acids is 1. The van der Waals surface area contributed by atoms with E-state index in [1.165, 1.54) is 5.56 Å². The van der Waals surface area contributed by atoms with Gasteiger partial charge in [0.15, 0.2) is 0 Å². The number of hydrogen-bond acceptors (Lipinski definition) is 10. The molecule has 0 aromatic heterocycles. The standard InChI is InChI=1S/C12H20O6.C11H18O4.C11H14O2/c1-4-12(2,3)11(16)18-8-7-17-10(15)6-5-9(13)14;1-5-9(12)14-7-8-15-10(13)11(3,4)6-2;1-3-8(2)9-4-6-10(7-5-9)11(12)13/h4-8H2,1-3H3,(H,13,14);5H,1,6-8H2,2-4H3;4-8H,3H2,1-2H3,(H,12,13). The van der Waals surface area contributed by atoms with Crippen LogP contribution in [-0.2, 0) is 42.9 Å². The number of carbonyl (C=O) groups excluding carboxylic acids is 4. The molecule has 12 nitrogen and oxygen atoms in total. The van der Waals surface area contributed by atoms with Crippen molar-refractivity contribution in [3.8, 4) is 0 Å². The van der Waals surface area contributed by atoms with Gasteiger partial charge in [-0.2, -0.15) is 0 Å². The summed E-state index contributed by atoms with van der Waals surface area (Å²) in [5, 5.41) is 17.0. The third-order valence-electron chi connectivity index (χ3n) is 7.06. The minimum absolute atomic E-state index is 0.0128. The van der Waals surface area contributed by atoms with Crippen LogP contribution in [0.4, 0.5) is 0 Å². The average molecular weight is 653 g/mol. The highest BCUT2D eigenvalue weighted by atomic mass is 16.6. The summed E-state index contributed by atoms with van der Waals surface area (Å²) in [7, 11) is 0. The van der Waals surface area contributed by atoms with Crippen LogP contribution in [0.25, 0.3) is 0 Å². The quantitative estimate of drug-likeness (QED) is 0.0873. The van der Waals surface area contributed by atoms with E-state index in [2.05, 4.69) is 25.2 Å². The van der Waals surface area contributed by atoms with E-state index in [9.17, 15) is 28.8 Å². The summed E-state index contributed by atoms with van der Waals surface area (Å²) >= 11 is 0. The Hall–Kier alpha value is -4.22. The van der Waals surface area contributed by atoms with Gasteiger partial charge < -0.3 is 29.2 Å². The van der Waals surface area contributed by atoms with E-state index in [1.54, 1.807) is 26.0 Å². The van der Waals surface area contributed by atoms with Gasteiger partial charge in [0.05, 0.1) is 29.2 Å². The smallest absolute Gasteiger partial charge is 0.335 e. The van der Waals surface area contributed by atoms with E-state index in [1.807, 2.05) is 39.8 Å². The number of carboxylic acid groups (broad SMARTS) is 2. The first-order chi connectivity index (χ1) is 21.4. The Bertz CT molecular complexity index is 1120. The van der Waals surface area contributed by atoms with Crippen LogP contribution in [-0.4, -0.2) is 72.5 Å². The number of rotatable bonds is 17. The van der Waals surface area contributed by atoms with Gasteiger partial charge in [0, 0.05) is 6.08 Å². The largest absolute Gasteiger partial charge is 0.481 e. The Morgan fingerprint density at radius 3 is 1.54 bits per heavy atom. The lowest BCUT2D eigenvalue weighted by Gasteiger charge is -2.20. The van der Waals surface area contributed by atoms with Gasteiger partial charge in [-0.05, 0) is 70.6 Å². The van der Waals surface area contributed by atoms with Crippen LogP contribution in [0.15, 0.2) is 36.9 Å². The van der Waals surface area contributed by atoms with E-state index in [-0.39, 0.29) is 51.2 Å². The molecule has 0 aliphatic heterocycles. The Morgan fingerprint density at radius 2 is 1.17 bits per heavy atom. The maximum Gasteiger partial charge on any atom is 0.335 e. The maximum absolute atomic E-state index is 11.5. The van der Waals surface area contributed by atoms with Crippen LogP contribution in [0.3, 0.4) is 0 Å². The van der Waals surface area contributed by atoms with Gasteiger partial charge in [-0.1, -0.05) is 46.4 Å². The van der Waals surface area contributed by atoms with Gasteiger partial charge in [-0.3, -0.25) is 19.2 Å². The predicted octanol–water partition coefficient (Wildman–Crippen LogP) is 5.97. The summed E-state index contributed by atoms with van der Waals surface area (Å²) in [5.41, 5.74) is 0.523. The molecule has 0 aliphatic rings. The van der Waals surface area contributed by atoms with Crippen molar-refractivity contribution in [2.75, 3.05) is 26.4 Å². The van der Waals surface area contributed by atoms with Crippen molar-refractivity contribution >= 4 is 35.8 Å². The fraction of sp³-hybridized carbons (Fsp3) is 0.588. The van der Waals surface area contributed by atoms with Crippen molar-refractivity contribution in [3.63, 3.8) is 0 Å². The molecule has 1 aromatic rings. The normalized spacial score (nSPS) is 11.2. The molecule has 0 spiro atoms. The molecular weight excluding hydrogens is 600 g/mol. The predicted molar refractivity (Wildman–Crippen MR) is 171 cm³/mol. The third kappa shape index (κ3) is 19.9. The monoisotopic (exact) mass is 652 g/mol. The van der Waals surface area contributed by atoms with Gasteiger partial charge in [-0.15, -0.1) is 0 Å². The van der Waals surface area contributed by atoms with Crippen molar-refractivity contribution in [2.24, 2.45) is 10.8 Å². The van der Waals surface area contributed by atoms with Crippen molar-refractivity contribution in [2.45, 2.75) is 93.4 Å². The van der Waals surface area contributed by atoms with Crippen LogP contribution < -0.4 is 0 Å². The Balaban J connectivity index is 0. The second-order valence-electron chi connectivity index (χ2n) is 11.5. The summed E-state index contributed by atoms with van der Waals surface area (Å²) in [6.07, 6.45) is 3.07. The second-order valence-corrected chi connectivity index (χ2v) is 11.5. The van der Waals surface area contributed by atoms with E-state index in [4.69, 9.17) is 24.4 Å². The maximum atomic E-state index is 11.5. The molecule has 0 aliphatic carbocycles. The zero-order valence-electron chi connectivity index (χ0n) is 28.5. The molecule has 46 heavy (non-hydrogen) atoms. The van der Waals surface area contributed by atoms with E-state index >= 15 is 0 Å². The summed E-state index contributed by atoms with van der Waals surface area (Å²) in [6, 6.07) is 7.09. The van der Waals surface area contributed by atoms with Crippen LogP contribution in [0.2, 0.25) is 0 Å². The van der Waals surface area contributed by atoms with Crippen molar-refractivity contribution in [3.05, 3.63) is 48.0 Å². The first-order valence-corrected chi connectivity index (χ1v) is 15.2. The second kappa shape index (κ2) is 23.2. The van der Waals surface area contributed by atoms with Crippen molar-refractivity contribution in [1.29, 1.82) is 0 Å². The average Bonchev–Trinajstić information content (AvgIpc) is 3.03. The molecule has 1 unspecified atom stereocenters. The first-order valence-electron chi connectivity index (χ1n) is 15.2. The van der Waals surface area contributed by atoms with Crippen LogP contribution in [0.5, 0.6) is 0 Å². The molecule has 0 bridgehead atoms. The molecular formula is C34H52O12. The summed E-state index contributed by atoms with van der Waals surface area (Å²) in [6.45, 7) is 18.5. The molecule has 0 fully saturated rings. The highest BCUT2D eigenvalue weighted by Crippen LogP contribution is 2.22. The summed E-state index contributed by atoms with van der Waals surface area (Å²) in [4.78, 5) is 65.3. The number of aromatic carboxylic acids is 1. The third-order valence-corrected chi connectivity index (χ3v) is 7.06. The Morgan fingerprint density at radius 1 is 0.739 bits per heavy atom. The Kier molecular flexibility index (Phi) is 22.1. The molecule has 0 saturated carbocycles. The molecule has 1 rings (SSSR count). The zero-order valence-corrected chi connectivity index (χ0v) is 28.5. The fourth-order valence-electron chi connectivity index (χ4n) is 2.78. The summed E-state index contributed by atoms with van der Waals surface area (Å²) in [5.74, 6) is -3.16. The molecule has 2 N–H and O–H groups in total. The molecule has 0 radical (unpaired) electrons. The Labute approximate surface area is 272 Å². The lowest BCUT2D eigenvalue weighted by Crippen LogP contribution is -2.27. The van der Waals surface area contributed by atoms with Crippen LogP contribution in [0.1, 0.15) is 109 Å². The molecule has 260 valence electrons. The number of hydrogen-bond donors (Lipinski definition) is 2. The van der Waals surface area contributed by atoms with E-state index < -0.39 is 34.7 Å².